The molecule has 0 bridgehead atoms. The van der Waals surface area contributed by atoms with E-state index in [-0.39, 0.29) is 18.1 Å². The van der Waals surface area contributed by atoms with Crippen molar-refractivity contribution in [3.8, 4) is 0 Å². The second kappa shape index (κ2) is 12.1. The molecule has 8 heteroatoms. The topological polar surface area (TPSA) is 38.8 Å². The monoisotopic (exact) mass is 512 g/mol. The Hall–Kier alpha value is -1.24. The Balaban J connectivity index is 1.12. The van der Waals surface area contributed by atoms with Crippen molar-refractivity contribution in [1.29, 1.82) is 0 Å². The number of anilines is 1. The van der Waals surface area contributed by atoms with Gasteiger partial charge in [0.25, 0.3) is 0 Å². The first-order chi connectivity index (χ1) is 16.4. The number of halogens is 3. The summed E-state index contributed by atoms with van der Waals surface area (Å²) in [5.41, 5.74) is 1.04. The zero-order valence-corrected chi connectivity index (χ0v) is 21.8. The fraction of sp³-hybridized carbons (Fsp3) is 0.731. The minimum Gasteiger partial charge on any atom is -0.368 e. The molecule has 3 fully saturated rings. The van der Waals surface area contributed by atoms with Crippen LogP contribution in [-0.2, 0) is 0 Å². The first kappa shape index (κ1) is 25.8. The maximum atomic E-state index is 13.4. The highest BCUT2D eigenvalue weighted by Gasteiger charge is 2.29. The maximum absolute atomic E-state index is 13.4. The SMILES string of the molecule is CN(C(=O)N[C@H]1CC[C@H](CCN2CCN(c3cccc(Cl)c3Cl)CC2)CC1)C1CCC(F)CC1. The zero-order chi connectivity index (χ0) is 24.1. The predicted molar refractivity (Wildman–Crippen MR) is 139 cm³/mol. The van der Waals surface area contributed by atoms with Gasteiger partial charge in [-0.3, -0.25) is 4.90 Å². The molecule has 1 aromatic carbocycles. The van der Waals surface area contributed by atoms with E-state index in [1.54, 1.807) is 0 Å². The van der Waals surface area contributed by atoms with Gasteiger partial charge in [0.2, 0.25) is 0 Å². The third-order valence-electron chi connectivity index (χ3n) is 8.17. The van der Waals surface area contributed by atoms with Gasteiger partial charge in [0.05, 0.1) is 15.7 Å². The van der Waals surface area contributed by atoms with Crippen LogP contribution in [0.5, 0.6) is 0 Å². The van der Waals surface area contributed by atoms with Crippen LogP contribution in [0.25, 0.3) is 0 Å². The van der Waals surface area contributed by atoms with Crippen LogP contribution in [0, 0.1) is 5.92 Å². The summed E-state index contributed by atoms with van der Waals surface area (Å²) in [5, 5.41) is 4.51. The molecule has 2 amide bonds. The predicted octanol–water partition coefficient (Wildman–Crippen LogP) is 5.99. The van der Waals surface area contributed by atoms with E-state index in [0.717, 1.165) is 70.0 Å². The molecule has 5 nitrogen and oxygen atoms in total. The summed E-state index contributed by atoms with van der Waals surface area (Å²) >= 11 is 12.6. The lowest BCUT2D eigenvalue weighted by molar-refractivity contribution is 0.140. The lowest BCUT2D eigenvalue weighted by atomic mass is 9.84. The molecule has 190 valence electrons. The summed E-state index contributed by atoms with van der Waals surface area (Å²) in [6.45, 7) is 5.17. The van der Waals surface area contributed by atoms with E-state index >= 15 is 0 Å². The van der Waals surface area contributed by atoms with Crippen molar-refractivity contribution in [2.24, 2.45) is 5.92 Å². The third-order valence-corrected chi connectivity index (χ3v) is 8.98. The van der Waals surface area contributed by atoms with Crippen molar-refractivity contribution in [2.75, 3.05) is 44.7 Å². The van der Waals surface area contributed by atoms with Crippen LogP contribution in [0.1, 0.15) is 57.8 Å². The van der Waals surface area contributed by atoms with Crippen molar-refractivity contribution >= 4 is 34.9 Å². The Bertz CT molecular complexity index is 804. The lowest BCUT2D eigenvalue weighted by Gasteiger charge is -2.38. The zero-order valence-electron chi connectivity index (χ0n) is 20.3. The van der Waals surface area contributed by atoms with Gasteiger partial charge in [-0.15, -0.1) is 0 Å². The number of urea groups is 1. The van der Waals surface area contributed by atoms with Crippen LogP contribution in [0.2, 0.25) is 10.0 Å². The summed E-state index contributed by atoms with van der Waals surface area (Å²) in [7, 11) is 1.87. The molecule has 1 saturated heterocycles. The Kier molecular flexibility index (Phi) is 9.22. The van der Waals surface area contributed by atoms with E-state index in [9.17, 15) is 9.18 Å². The van der Waals surface area contributed by atoms with E-state index in [1.165, 1.54) is 19.3 Å². The van der Waals surface area contributed by atoms with Crippen molar-refractivity contribution in [2.45, 2.75) is 76.0 Å². The van der Waals surface area contributed by atoms with Crippen LogP contribution in [0.4, 0.5) is 14.9 Å². The number of hydrogen-bond acceptors (Lipinski definition) is 3. The van der Waals surface area contributed by atoms with Crippen LogP contribution >= 0.6 is 23.2 Å². The second-order valence-electron chi connectivity index (χ2n) is 10.4. The first-order valence-electron chi connectivity index (χ1n) is 13.0. The molecule has 0 spiro atoms. The number of rotatable bonds is 6. The van der Waals surface area contributed by atoms with Gasteiger partial charge in [-0.25, -0.2) is 9.18 Å². The normalized spacial score (nSPS) is 28.5. The van der Waals surface area contributed by atoms with Gasteiger partial charge in [0.1, 0.15) is 6.17 Å². The highest BCUT2D eigenvalue weighted by molar-refractivity contribution is 6.43. The molecule has 3 aliphatic rings. The number of alkyl halides is 1. The van der Waals surface area contributed by atoms with E-state index in [2.05, 4.69) is 15.1 Å². The van der Waals surface area contributed by atoms with E-state index in [4.69, 9.17) is 23.2 Å². The van der Waals surface area contributed by atoms with Crippen LogP contribution < -0.4 is 10.2 Å². The van der Waals surface area contributed by atoms with Crippen LogP contribution in [0.3, 0.4) is 0 Å². The number of carbonyl (C=O) groups is 1. The lowest BCUT2D eigenvalue weighted by Crippen LogP contribution is -2.49. The largest absolute Gasteiger partial charge is 0.368 e. The average molecular weight is 514 g/mol. The molecule has 2 aliphatic carbocycles. The Morgan fingerprint density at radius 3 is 2.38 bits per heavy atom. The molecule has 0 aromatic heterocycles. The average Bonchev–Trinajstić information content (AvgIpc) is 2.86. The van der Waals surface area contributed by atoms with E-state index < -0.39 is 6.17 Å². The van der Waals surface area contributed by atoms with Crippen molar-refractivity contribution in [1.82, 2.24) is 15.1 Å². The number of hydrogen-bond donors (Lipinski definition) is 1. The number of nitrogens with zero attached hydrogens (tertiary/aromatic N) is 3. The minimum atomic E-state index is -0.687. The summed E-state index contributed by atoms with van der Waals surface area (Å²) < 4.78 is 13.4. The van der Waals surface area contributed by atoms with Gasteiger partial charge in [0, 0.05) is 45.3 Å². The smallest absolute Gasteiger partial charge is 0.317 e. The fourth-order valence-electron chi connectivity index (χ4n) is 5.77. The number of carbonyl (C=O) groups excluding carboxylic acids is 1. The second-order valence-corrected chi connectivity index (χ2v) is 11.2. The fourth-order valence-corrected chi connectivity index (χ4v) is 6.19. The summed E-state index contributed by atoms with van der Waals surface area (Å²) in [5.74, 6) is 0.742. The molecule has 1 heterocycles. The third kappa shape index (κ3) is 6.70. The highest BCUT2D eigenvalue weighted by Crippen LogP contribution is 2.33. The molecule has 4 rings (SSSR count). The molecule has 2 saturated carbocycles. The van der Waals surface area contributed by atoms with E-state index in [0.29, 0.717) is 22.9 Å². The van der Waals surface area contributed by atoms with Crippen molar-refractivity contribution < 1.29 is 9.18 Å². The van der Waals surface area contributed by atoms with Gasteiger partial charge in [-0.2, -0.15) is 0 Å². The number of piperazine rings is 1. The first-order valence-corrected chi connectivity index (χ1v) is 13.7. The molecule has 0 unspecified atom stereocenters. The van der Waals surface area contributed by atoms with Gasteiger partial charge < -0.3 is 15.1 Å². The molecular weight excluding hydrogens is 474 g/mol. The number of benzene rings is 1. The summed E-state index contributed by atoms with van der Waals surface area (Å²) in [6.07, 6.45) is 7.73. The molecular formula is C26H39Cl2FN4O. The summed E-state index contributed by atoms with van der Waals surface area (Å²) in [4.78, 5) is 19.4. The standard InChI is InChI=1S/C26H39Cl2FN4O/c1-31(22-11-7-20(29)8-12-22)26(34)30-21-9-5-19(6-10-21)13-14-32-15-17-33(18-16-32)24-4-2-3-23(27)25(24)28/h2-4,19-22H,5-18H2,1H3,(H,30,34)/t19-,20?,21-,22?. The Morgan fingerprint density at radius 2 is 1.71 bits per heavy atom. The number of amides is 2. The highest BCUT2D eigenvalue weighted by atomic mass is 35.5. The maximum Gasteiger partial charge on any atom is 0.317 e. The van der Waals surface area contributed by atoms with Crippen molar-refractivity contribution in [3.63, 3.8) is 0 Å². The minimum absolute atomic E-state index is 0.0171. The van der Waals surface area contributed by atoms with E-state index in [1.807, 2.05) is 30.1 Å². The van der Waals surface area contributed by atoms with Crippen LogP contribution in [-0.4, -0.2) is 73.9 Å². The van der Waals surface area contributed by atoms with Gasteiger partial charge in [-0.05, 0) is 82.4 Å². The van der Waals surface area contributed by atoms with Crippen LogP contribution in [0.15, 0.2) is 18.2 Å². The van der Waals surface area contributed by atoms with Gasteiger partial charge in [-0.1, -0.05) is 29.3 Å². The molecule has 1 N–H and O–H groups in total. The van der Waals surface area contributed by atoms with Gasteiger partial charge >= 0.3 is 6.03 Å². The summed E-state index contributed by atoms with van der Waals surface area (Å²) in [6, 6.07) is 6.31. The van der Waals surface area contributed by atoms with Crippen molar-refractivity contribution in [3.05, 3.63) is 28.2 Å². The quantitative estimate of drug-likeness (QED) is 0.508. The Labute approximate surface area is 213 Å². The molecule has 34 heavy (non-hydrogen) atoms. The Morgan fingerprint density at radius 1 is 1.03 bits per heavy atom. The molecule has 1 aromatic rings. The molecule has 0 atom stereocenters. The van der Waals surface area contributed by atoms with Gasteiger partial charge in [0.15, 0.2) is 0 Å². The number of nitrogens with one attached hydrogen (secondary N) is 1. The molecule has 1 aliphatic heterocycles. The molecule has 0 radical (unpaired) electrons.